The van der Waals surface area contributed by atoms with Crippen LogP contribution in [0.25, 0.3) is 0 Å². The molecule has 0 bridgehead atoms. The number of hydrogen-bond acceptors (Lipinski definition) is 6. The highest BCUT2D eigenvalue weighted by atomic mass is 32.2. The lowest BCUT2D eigenvalue weighted by molar-refractivity contribution is 0.272. The van der Waals surface area contributed by atoms with Gasteiger partial charge in [-0.3, -0.25) is 0 Å². The second kappa shape index (κ2) is 7.70. The van der Waals surface area contributed by atoms with Crippen molar-refractivity contribution < 1.29 is 16.8 Å². The molecule has 8 nitrogen and oxygen atoms in total. The Labute approximate surface area is 163 Å². The molecule has 0 N–H and O–H groups in total. The highest BCUT2D eigenvalue weighted by Gasteiger charge is 2.35. The van der Waals surface area contributed by atoms with Crippen LogP contribution in [0.1, 0.15) is 11.1 Å². The zero-order valence-corrected chi connectivity index (χ0v) is 16.3. The van der Waals surface area contributed by atoms with Crippen LogP contribution in [0, 0.1) is 22.7 Å². The summed E-state index contributed by atoms with van der Waals surface area (Å²) >= 11 is 0. The summed E-state index contributed by atoms with van der Waals surface area (Å²) in [6.07, 6.45) is 0. The van der Waals surface area contributed by atoms with Gasteiger partial charge in [-0.05, 0) is 24.3 Å². The van der Waals surface area contributed by atoms with Crippen LogP contribution in [0.15, 0.2) is 58.3 Å². The van der Waals surface area contributed by atoms with Gasteiger partial charge in [0.15, 0.2) is 0 Å². The first-order valence-corrected chi connectivity index (χ1v) is 11.2. The fourth-order valence-corrected chi connectivity index (χ4v) is 6.13. The van der Waals surface area contributed by atoms with E-state index in [2.05, 4.69) is 0 Å². The van der Waals surface area contributed by atoms with Gasteiger partial charge in [0.25, 0.3) is 0 Å². The molecule has 2 aromatic carbocycles. The van der Waals surface area contributed by atoms with Gasteiger partial charge in [0.05, 0.1) is 20.9 Å². The van der Waals surface area contributed by atoms with Gasteiger partial charge in [0.1, 0.15) is 12.1 Å². The Bertz CT molecular complexity index is 1090. The average molecular weight is 416 g/mol. The van der Waals surface area contributed by atoms with Crippen molar-refractivity contribution in [2.75, 3.05) is 26.2 Å². The minimum absolute atomic E-state index is 0.0421. The fourth-order valence-electron chi connectivity index (χ4n) is 3.00. The first kappa shape index (κ1) is 20.0. The molecule has 144 valence electrons. The van der Waals surface area contributed by atoms with Crippen LogP contribution in [0.5, 0.6) is 0 Å². The number of rotatable bonds is 4. The molecule has 0 atom stereocenters. The van der Waals surface area contributed by atoms with Crippen molar-refractivity contribution >= 4 is 20.0 Å². The minimum Gasteiger partial charge on any atom is -0.207 e. The molecule has 3 rings (SSSR count). The van der Waals surface area contributed by atoms with Gasteiger partial charge in [-0.2, -0.15) is 19.1 Å². The van der Waals surface area contributed by atoms with E-state index in [4.69, 9.17) is 10.5 Å². The molecular weight excluding hydrogens is 400 g/mol. The summed E-state index contributed by atoms with van der Waals surface area (Å²) in [5.74, 6) is 0. The van der Waals surface area contributed by atoms with Gasteiger partial charge in [0.2, 0.25) is 20.0 Å². The molecule has 1 aliphatic rings. The molecule has 1 heterocycles. The van der Waals surface area contributed by atoms with Crippen LogP contribution >= 0.6 is 0 Å². The quantitative estimate of drug-likeness (QED) is 0.736. The lowest BCUT2D eigenvalue weighted by atomic mass is 10.2. The summed E-state index contributed by atoms with van der Waals surface area (Å²) in [5.41, 5.74) is 0.0843. The summed E-state index contributed by atoms with van der Waals surface area (Å²) in [4.78, 5) is -0.188. The van der Waals surface area contributed by atoms with Gasteiger partial charge >= 0.3 is 0 Å². The Hall–Kier alpha value is -2.76. The largest absolute Gasteiger partial charge is 0.244 e. The molecule has 0 aromatic heterocycles. The minimum atomic E-state index is -3.91. The topological polar surface area (TPSA) is 122 Å². The summed E-state index contributed by atoms with van der Waals surface area (Å²) in [5, 5.41) is 18.3. The molecule has 0 saturated carbocycles. The van der Waals surface area contributed by atoms with E-state index in [-0.39, 0.29) is 47.1 Å². The monoisotopic (exact) mass is 416 g/mol. The van der Waals surface area contributed by atoms with Crippen molar-refractivity contribution in [1.82, 2.24) is 8.61 Å². The maximum absolute atomic E-state index is 12.9. The maximum atomic E-state index is 12.9. The van der Waals surface area contributed by atoms with E-state index in [1.807, 2.05) is 12.1 Å². The van der Waals surface area contributed by atoms with Crippen LogP contribution in [-0.2, 0) is 20.0 Å². The third-order valence-corrected chi connectivity index (χ3v) is 8.36. The van der Waals surface area contributed by atoms with Crippen molar-refractivity contribution in [2.45, 2.75) is 9.79 Å². The van der Waals surface area contributed by atoms with Crippen LogP contribution in [-0.4, -0.2) is 51.6 Å². The van der Waals surface area contributed by atoms with Crippen LogP contribution in [0.3, 0.4) is 0 Å². The Kier molecular flexibility index (Phi) is 5.49. The van der Waals surface area contributed by atoms with E-state index in [1.54, 1.807) is 12.1 Å². The average Bonchev–Trinajstić information content (AvgIpc) is 2.73. The Balaban J connectivity index is 1.83. The predicted octanol–water partition coefficient (Wildman–Crippen LogP) is 1.13. The van der Waals surface area contributed by atoms with E-state index in [9.17, 15) is 16.8 Å². The molecule has 0 unspecified atom stereocenters. The molecular formula is C18H16N4O4S2. The van der Waals surface area contributed by atoms with E-state index < -0.39 is 20.0 Å². The third kappa shape index (κ3) is 3.51. The molecule has 2 aromatic rings. The lowest BCUT2D eigenvalue weighted by Crippen LogP contribution is -2.50. The number of piperazine rings is 1. The van der Waals surface area contributed by atoms with Gasteiger partial charge in [0, 0.05) is 26.2 Å². The van der Waals surface area contributed by atoms with E-state index in [0.29, 0.717) is 0 Å². The SMILES string of the molecule is N#Cc1ccccc1S(=O)(=O)N1CCN(S(=O)(=O)c2ccccc2C#N)CC1. The molecule has 0 amide bonds. The first-order chi connectivity index (χ1) is 13.3. The number of benzene rings is 2. The van der Waals surface area contributed by atoms with Gasteiger partial charge in [-0.1, -0.05) is 24.3 Å². The van der Waals surface area contributed by atoms with Crippen molar-refractivity contribution in [3.63, 3.8) is 0 Å². The van der Waals surface area contributed by atoms with E-state index >= 15 is 0 Å². The Morgan fingerprint density at radius 3 is 1.29 bits per heavy atom. The maximum Gasteiger partial charge on any atom is 0.244 e. The van der Waals surface area contributed by atoms with Gasteiger partial charge in [-0.25, -0.2) is 16.8 Å². The van der Waals surface area contributed by atoms with E-state index in [1.165, 1.54) is 45.0 Å². The summed E-state index contributed by atoms with van der Waals surface area (Å²) < 4.78 is 53.8. The Morgan fingerprint density at radius 2 is 0.964 bits per heavy atom. The normalized spacial score (nSPS) is 16.2. The second-order valence-corrected chi connectivity index (χ2v) is 9.84. The Morgan fingerprint density at radius 1 is 0.643 bits per heavy atom. The molecule has 0 radical (unpaired) electrons. The smallest absolute Gasteiger partial charge is 0.207 e. The number of nitrogens with zero attached hydrogens (tertiary/aromatic N) is 4. The zero-order chi connectivity index (χ0) is 20.4. The molecule has 1 saturated heterocycles. The lowest BCUT2D eigenvalue weighted by Gasteiger charge is -2.33. The standard InChI is InChI=1S/C18H16N4O4S2/c19-13-15-5-1-3-7-17(15)27(23,24)21-9-11-22(12-10-21)28(25,26)18-8-4-2-6-16(18)14-20/h1-8H,9-12H2. The number of nitriles is 2. The summed E-state index contributed by atoms with van der Waals surface area (Å²) in [7, 11) is -7.83. The van der Waals surface area contributed by atoms with Crippen molar-refractivity contribution in [1.29, 1.82) is 10.5 Å². The molecule has 0 spiro atoms. The molecule has 10 heteroatoms. The molecule has 28 heavy (non-hydrogen) atoms. The molecule has 0 aliphatic carbocycles. The van der Waals surface area contributed by atoms with Crippen LogP contribution in [0.2, 0.25) is 0 Å². The molecule has 1 fully saturated rings. The summed E-state index contributed by atoms with van der Waals surface area (Å²) in [6.45, 7) is -0.182. The number of sulfonamides is 2. The third-order valence-electron chi connectivity index (χ3n) is 4.45. The fraction of sp³-hybridized carbons (Fsp3) is 0.222. The van der Waals surface area contributed by atoms with E-state index in [0.717, 1.165) is 0 Å². The number of hydrogen-bond donors (Lipinski definition) is 0. The summed E-state index contributed by atoms with van der Waals surface area (Å²) in [6, 6.07) is 15.5. The van der Waals surface area contributed by atoms with Crippen molar-refractivity contribution in [2.24, 2.45) is 0 Å². The molecule has 1 aliphatic heterocycles. The van der Waals surface area contributed by atoms with Crippen LogP contribution in [0.4, 0.5) is 0 Å². The van der Waals surface area contributed by atoms with Crippen molar-refractivity contribution in [3.8, 4) is 12.1 Å². The zero-order valence-electron chi connectivity index (χ0n) is 14.7. The van der Waals surface area contributed by atoms with Crippen LogP contribution < -0.4 is 0 Å². The highest BCUT2D eigenvalue weighted by molar-refractivity contribution is 7.89. The van der Waals surface area contributed by atoms with Gasteiger partial charge < -0.3 is 0 Å². The predicted molar refractivity (Wildman–Crippen MR) is 99.8 cm³/mol. The highest BCUT2D eigenvalue weighted by Crippen LogP contribution is 2.24. The first-order valence-electron chi connectivity index (χ1n) is 8.31. The van der Waals surface area contributed by atoms with Crippen molar-refractivity contribution in [3.05, 3.63) is 59.7 Å². The van der Waals surface area contributed by atoms with Gasteiger partial charge in [-0.15, -0.1) is 0 Å². The second-order valence-electron chi connectivity index (χ2n) is 6.02.